The zero-order valence-electron chi connectivity index (χ0n) is 22.8. The summed E-state index contributed by atoms with van der Waals surface area (Å²) in [4.78, 5) is 43.0. The summed E-state index contributed by atoms with van der Waals surface area (Å²) in [6.45, 7) is 3.95. The number of rotatable bonds is 6. The Morgan fingerprint density at radius 2 is 1.85 bits per heavy atom. The van der Waals surface area contributed by atoms with Gasteiger partial charge in [0.15, 0.2) is 10.6 Å². The van der Waals surface area contributed by atoms with Gasteiger partial charge >= 0.3 is 0 Å². The van der Waals surface area contributed by atoms with E-state index in [0.29, 0.717) is 33.4 Å². The molecular formula is C31H29FN6O2S. The van der Waals surface area contributed by atoms with Gasteiger partial charge in [0.05, 0.1) is 17.5 Å². The molecule has 8 nitrogen and oxygen atoms in total. The van der Waals surface area contributed by atoms with Crippen LogP contribution in [-0.2, 0) is 4.79 Å². The molecule has 10 heteroatoms. The molecule has 0 radical (unpaired) electrons. The maximum Gasteiger partial charge on any atom is 0.280 e. The number of aryl methyl sites for hydroxylation is 1. The third-order valence-corrected chi connectivity index (χ3v) is 8.44. The first-order valence-corrected chi connectivity index (χ1v) is 14.4. The Labute approximate surface area is 240 Å². The second-order valence-electron chi connectivity index (χ2n) is 10.5. The number of hydrogen-bond donors (Lipinski definition) is 1. The minimum Gasteiger partial charge on any atom is -0.306 e. The van der Waals surface area contributed by atoms with Crippen molar-refractivity contribution in [2.45, 2.75) is 31.7 Å². The van der Waals surface area contributed by atoms with Crippen molar-refractivity contribution in [3.63, 3.8) is 0 Å². The van der Waals surface area contributed by atoms with Crippen molar-refractivity contribution in [2.24, 2.45) is 0 Å². The smallest absolute Gasteiger partial charge is 0.280 e. The molecular weight excluding hydrogens is 539 g/mol. The second kappa shape index (κ2) is 11.3. The Hall–Kier alpha value is -4.28. The number of nitrogens with zero attached hydrogens (tertiary/aromatic N) is 5. The van der Waals surface area contributed by atoms with Gasteiger partial charge in [0.25, 0.3) is 11.5 Å². The minimum atomic E-state index is -1.18. The lowest BCUT2D eigenvalue weighted by Gasteiger charge is -2.29. The molecule has 6 rings (SSSR count). The predicted molar refractivity (Wildman–Crippen MR) is 159 cm³/mol. The number of anilines is 1. The third kappa shape index (κ3) is 5.53. The van der Waals surface area contributed by atoms with E-state index >= 15 is 0 Å². The molecule has 5 aromatic rings. The van der Waals surface area contributed by atoms with Gasteiger partial charge in [0, 0.05) is 17.1 Å². The summed E-state index contributed by atoms with van der Waals surface area (Å²) in [5, 5.41) is 4.85. The van der Waals surface area contributed by atoms with E-state index in [1.807, 2.05) is 18.2 Å². The number of piperidine rings is 1. The van der Waals surface area contributed by atoms with E-state index in [1.54, 1.807) is 30.6 Å². The number of aromatic nitrogens is 4. The first kappa shape index (κ1) is 26.9. The van der Waals surface area contributed by atoms with Crippen molar-refractivity contribution in [1.29, 1.82) is 0 Å². The van der Waals surface area contributed by atoms with Gasteiger partial charge in [-0.1, -0.05) is 30.3 Å². The average Bonchev–Trinajstić information content (AvgIpc) is 3.50. The maximum atomic E-state index is 14.4. The highest BCUT2D eigenvalue weighted by molar-refractivity contribution is 7.13. The number of thiazole rings is 1. The molecule has 0 spiro atoms. The second-order valence-corrected chi connectivity index (χ2v) is 11.3. The number of amides is 1. The Bertz CT molecular complexity index is 1760. The number of nitrogens with one attached hydrogen (secondary N) is 1. The molecule has 1 aliphatic rings. The fraction of sp³-hybridized carbons (Fsp3) is 0.258. The number of hydrogen-bond acceptors (Lipinski definition) is 7. The van der Waals surface area contributed by atoms with Crippen molar-refractivity contribution in [3.05, 3.63) is 105 Å². The van der Waals surface area contributed by atoms with Crippen LogP contribution in [0.25, 0.3) is 22.3 Å². The molecule has 4 heterocycles. The number of halogens is 1. The Kier molecular flexibility index (Phi) is 7.42. The van der Waals surface area contributed by atoms with Gasteiger partial charge in [-0.05, 0) is 86.8 Å². The molecule has 2 aromatic carbocycles. The summed E-state index contributed by atoms with van der Waals surface area (Å²) >= 11 is 1.25. The van der Waals surface area contributed by atoms with Gasteiger partial charge in [0.1, 0.15) is 11.9 Å². The van der Waals surface area contributed by atoms with Crippen molar-refractivity contribution < 1.29 is 9.18 Å². The van der Waals surface area contributed by atoms with Crippen LogP contribution in [0.15, 0.2) is 77.3 Å². The van der Waals surface area contributed by atoms with Gasteiger partial charge < -0.3 is 4.90 Å². The molecule has 3 aromatic heterocycles. The van der Waals surface area contributed by atoms with Gasteiger partial charge in [-0.25, -0.2) is 19.3 Å². The van der Waals surface area contributed by atoms with E-state index in [4.69, 9.17) is 4.98 Å². The van der Waals surface area contributed by atoms with Crippen molar-refractivity contribution in [1.82, 2.24) is 24.4 Å². The number of carbonyl (C=O) groups is 1. The van der Waals surface area contributed by atoms with E-state index in [9.17, 15) is 14.0 Å². The SMILES string of the molecule is Cc1ccc(F)cc1C(C(=O)Nc1nccs1)n1cnc2ccc(-c3ccc(C4CCN(C)CC4)cc3)nc2c1=O. The number of pyridine rings is 1. The van der Waals surface area contributed by atoms with Crippen LogP contribution in [0.4, 0.5) is 9.52 Å². The molecule has 208 valence electrons. The molecule has 0 bridgehead atoms. The van der Waals surface area contributed by atoms with Gasteiger partial charge in [-0.15, -0.1) is 11.3 Å². The van der Waals surface area contributed by atoms with Crippen LogP contribution in [0.2, 0.25) is 0 Å². The molecule has 0 saturated carbocycles. The lowest BCUT2D eigenvalue weighted by atomic mass is 9.89. The van der Waals surface area contributed by atoms with Crippen LogP contribution in [0, 0.1) is 12.7 Å². The highest BCUT2D eigenvalue weighted by atomic mass is 32.1. The summed E-state index contributed by atoms with van der Waals surface area (Å²) in [7, 11) is 2.16. The largest absolute Gasteiger partial charge is 0.306 e. The maximum absolute atomic E-state index is 14.4. The summed E-state index contributed by atoms with van der Waals surface area (Å²) in [6.07, 6.45) is 5.16. The Balaban J connectivity index is 1.39. The average molecular weight is 569 g/mol. The lowest BCUT2D eigenvalue weighted by molar-refractivity contribution is -0.118. The van der Waals surface area contributed by atoms with Crippen LogP contribution >= 0.6 is 11.3 Å². The zero-order valence-corrected chi connectivity index (χ0v) is 23.6. The van der Waals surface area contributed by atoms with Crippen molar-refractivity contribution >= 4 is 33.4 Å². The monoisotopic (exact) mass is 568 g/mol. The standard InChI is InChI=1S/C31H29FN6O2S/c1-19-3-8-23(32)17-24(19)28(29(39)36-31-33-13-16-41-31)38-18-34-26-10-9-25(35-27(26)30(38)40)22-6-4-20(5-7-22)21-11-14-37(2)15-12-21/h3-10,13,16-18,21,28H,11-12,14-15H2,1-2H3,(H,33,36,39). The highest BCUT2D eigenvalue weighted by Crippen LogP contribution is 2.30. The first-order chi connectivity index (χ1) is 19.9. The predicted octanol–water partition coefficient (Wildman–Crippen LogP) is 5.40. The van der Waals surface area contributed by atoms with Gasteiger partial charge in [-0.3, -0.25) is 19.5 Å². The molecule has 1 saturated heterocycles. The molecule has 1 atom stereocenters. The number of carbonyl (C=O) groups excluding carboxylic acids is 1. The van der Waals surface area contributed by atoms with Crippen LogP contribution in [0.3, 0.4) is 0 Å². The van der Waals surface area contributed by atoms with Crippen LogP contribution in [0.1, 0.15) is 41.5 Å². The normalized spacial score (nSPS) is 15.2. The zero-order chi connectivity index (χ0) is 28.5. The summed E-state index contributed by atoms with van der Waals surface area (Å²) in [5.41, 5.74) is 3.88. The highest BCUT2D eigenvalue weighted by Gasteiger charge is 2.28. The number of likely N-dealkylation sites (tertiary alicyclic amines) is 1. The minimum absolute atomic E-state index is 0.130. The number of benzene rings is 2. The van der Waals surface area contributed by atoms with Gasteiger partial charge in [0.2, 0.25) is 0 Å². The van der Waals surface area contributed by atoms with Gasteiger partial charge in [-0.2, -0.15) is 0 Å². The third-order valence-electron chi connectivity index (χ3n) is 7.75. The van der Waals surface area contributed by atoms with Crippen LogP contribution < -0.4 is 10.9 Å². The first-order valence-electron chi connectivity index (χ1n) is 13.5. The van der Waals surface area contributed by atoms with E-state index < -0.39 is 23.3 Å². The quantitative estimate of drug-likeness (QED) is 0.295. The van der Waals surface area contributed by atoms with E-state index in [-0.39, 0.29) is 5.52 Å². The van der Waals surface area contributed by atoms with Crippen LogP contribution in [0.5, 0.6) is 0 Å². The summed E-state index contributed by atoms with van der Waals surface area (Å²) in [6, 6.07) is 15.0. The molecule has 41 heavy (non-hydrogen) atoms. The van der Waals surface area contributed by atoms with E-state index in [0.717, 1.165) is 31.5 Å². The van der Waals surface area contributed by atoms with E-state index in [2.05, 4.69) is 39.4 Å². The fourth-order valence-electron chi connectivity index (χ4n) is 5.41. The molecule has 1 fully saturated rings. The topological polar surface area (TPSA) is 93.0 Å². The Morgan fingerprint density at radius 3 is 2.59 bits per heavy atom. The molecule has 1 N–H and O–H groups in total. The summed E-state index contributed by atoms with van der Waals surface area (Å²) in [5.74, 6) is -0.499. The van der Waals surface area contributed by atoms with Crippen molar-refractivity contribution in [3.8, 4) is 11.3 Å². The molecule has 1 unspecified atom stereocenters. The molecule has 1 amide bonds. The Morgan fingerprint density at radius 1 is 1.07 bits per heavy atom. The lowest BCUT2D eigenvalue weighted by Crippen LogP contribution is -2.35. The molecule has 0 aliphatic carbocycles. The van der Waals surface area contributed by atoms with Crippen LogP contribution in [-0.4, -0.2) is 50.5 Å². The van der Waals surface area contributed by atoms with E-state index in [1.165, 1.54) is 39.9 Å². The number of fused-ring (bicyclic) bond motifs is 1. The fourth-order valence-corrected chi connectivity index (χ4v) is 5.94. The summed E-state index contributed by atoms with van der Waals surface area (Å²) < 4.78 is 15.6. The molecule has 1 aliphatic heterocycles. The van der Waals surface area contributed by atoms with Crippen molar-refractivity contribution in [2.75, 3.05) is 25.5 Å².